The van der Waals surface area contributed by atoms with E-state index in [1.54, 1.807) is 17.5 Å². The minimum atomic E-state index is 0.0711. The van der Waals surface area contributed by atoms with E-state index < -0.39 is 0 Å². The predicted octanol–water partition coefficient (Wildman–Crippen LogP) is 1.77. The summed E-state index contributed by atoms with van der Waals surface area (Å²) in [5, 5.41) is 0.984. The number of fused-ring (bicyclic) bond motifs is 1. The summed E-state index contributed by atoms with van der Waals surface area (Å²) in [7, 11) is 0. The molecule has 0 aliphatic carbocycles. The van der Waals surface area contributed by atoms with Gasteiger partial charge in [0.1, 0.15) is 10.3 Å². The molecule has 0 N–H and O–H groups in total. The first-order chi connectivity index (χ1) is 11.3. The van der Waals surface area contributed by atoms with Crippen LogP contribution in [-0.2, 0) is 9.53 Å². The van der Waals surface area contributed by atoms with Crippen LogP contribution in [0.15, 0.2) is 18.3 Å². The number of hydrogen-bond donors (Lipinski definition) is 0. The van der Waals surface area contributed by atoms with Crippen molar-refractivity contribution in [3.63, 3.8) is 0 Å². The monoisotopic (exact) mass is 332 g/mol. The highest BCUT2D eigenvalue weighted by atomic mass is 32.1. The summed E-state index contributed by atoms with van der Waals surface area (Å²) in [6.45, 7) is 4.49. The molecule has 0 bridgehead atoms. The second-order valence-electron chi connectivity index (χ2n) is 6.05. The predicted molar refractivity (Wildman–Crippen MR) is 89.8 cm³/mol. The Hall–Kier alpha value is -1.73. The second kappa shape index (κ2) is 6.41. The van der Waals surface area contributed by atoms with E-state index in [9.17, 15) is 4.79 Å². The SMILES string of the molecule is O=C(C1CCCN(c2nc3cccnc3s2)C1)N1CCOCC1. The molecule has 1 atom stereocenters. The van der Waals surface area contributed by atoms with E-state index >= 15 is 0 Å². The average molecular weight is 332 g/mol. The number of nitrogens with zero attached hydrogens (tertiary/aromatic N) is 4. The molecule has 4 rings (SSSR count). The zero-order valence-electron chi connectivity index (χ0n) is 13.0. The lowest BCUT2D eigenvalue weighted by Crippen LogP contribution is -2.48. The topological polar surface area (TPSA) is 58.6 Å². The molecule has 0 saturated carbocycles. The minimum Gasteiger partial charge on any atom is -0.378 e. The third kappa shape index (κ3) is 3.03. The molecule has 6 nitrogen and oxygen atoms in total. The zero-order chi connectivity index (χ0) is 15.6. The number of morpholine rings is 1. The second-order valence-corrected chi connectivity index (χ2v) is 7.00. The van der Waals surface area contributed by atoms with E-state index in [0.29, 0.717) is 13.2 Å². The van der Waals surface area contributed by atoms with Crippen molar-refractivity contribution in [3.05, 3.63) is 18.3 Å². The Morgan fingerprint density at radius 1 is 1.30 bits per heavy atom. The summed E-state index contributed by atoms with van der Waals surface area (Å²) in [4.78, 5) is 26.9. The summed E-state index contributed by atoms with van der Waals surface area (Å²) in [6, 6.07) is 3.90. The van der Waals surface area contributed by atoms with E-state index in [1.807, 2.05) is 17.0 Å². The molecule has 2 aliphatic rings. The maximum Gasteiger partial charge on any atom is 0.227 e. The molecule has 2 fully saturated rings. The van der Waals surface area contributed by atoms with Crippen molar-refractivity contribution in [1.29, 1.82) is 0 Å². The number of piperidine rings is 1. The number of carbonyl (C=O) groups excluding carboxylic acids is 1. The van der Waals surface area contributed by atoms with Crippen molar-refractivity contribution in [2.24, 2.45) is 5.92 Å². The van der Waals surface area contributed by atoms with E-state index in [1.165, 1.54) is 0 Å². The highest BCUT2D eigenvalue weighted by molar-refractivity contribution is 7.21. The van der Waals surface area contributed by atoms with Crippen LogP contribution >= 0.6 is 11.3 Å². The standard InChI is InChI=1S/C16H20N4O2S/c21-15(19-7-9-22-10-8-19)12-3-2-6-20(11-12)16-18-13-4-1-5-17-14(13)23-16/h1,4-5,12H,2-3,6-11H2. The van der Waals surface area contributed by atoms with Gasteiger partial charge in [-0.1, -0.05) is 11.3 Å². The lowest BCUT2D eigenvalue weighted by Gasteiger charge is -2.36. The van der Waals surface area contributed by atoms with Crippen LogP contribution in [0.25, 0.3) is 10.3 Å². The number of thiazole rings is 1. The van der Waals surface area contributed by atoms with Gasteiger partial charge in [-0.3, -0.25) is 4.79 Å². The molecule has 2 saturated heterocycles. The lowest BCUT2D eigenvalue weighted by molar-refractivity contribution is -0.139. The van der Waals surface area contributed by atoms with Gasteiger partial charge in [0.05, 0.1) is 19.1 Å². The summed E-state index contributed by atoms with van der Waals surface area (Å²) in [6.07, 6.45) is 3.80. The number of carbonyl (C=O) groups is 1. The van der Waals surface area contributed by atoms with Gasteiger partial charge in [0, 0.05) is 32.4 Å². The summed E-state index contributed by atoms with van der Waals surface area (Å²) in [5.41, 5.74) is 0.939. The van der Waals surface area contributed by atoms with Crippen LogP contribution in [0.2, 0.25) is 0 Å². The van der Waals surface area contributed by atoms with Crippen LogP contribution in [-0.4, -0.2) is 60.2 Å². The summed E-state index contributed by atoms with van der Waals surface area (Å²) < 4.78 is 5.34. The molecule has 1 amide bonds. The largest absolute Gasteiger partial charge is 0.378 e. The van der Waals surface area contributed by atoms with E-state index in [-0.39, 0.29) is 11.8 Å². The Bertz CT molecular complexity index is 665. The molecular formula is C16H20N4O2S. The van der Waals surface area contributed by atoms with Gasteiger partial charge < -0.3 is 14.5 Å². The van der Waals surface area contributed by atoms with Gasteiger partial charge in [0.2, 0.25) is 5.91 Å². The average Bonchev–Trinajstić information content (AvgIpc) is 3.06. The Morgan fingerprint density at radius 3 is 3.00 bits per heavy atom. The Morgan fingerprint density at radius 2 is 2.17 bits per heavy atom. The quantitative estimate of drug-likeness (QED) is 0.839. The van der Waals surface area contributed by atoms with E-state index in [0.717, 1.165) is 54.5 Å². The van der Waals surface area contributed by atoms with Gasteiger partial charge in [-0.05, 0) is 25.0 Å². The van der Waals surface area contributed by atoms with Gasteiger partial charge in [-0.25, -0.2) is 9.97 Å². The smallest absolute Gasteiger partial charge is 0.227 e. The molecule has 2 aromatic heterocycles. The van der Waals surface area contributed by atoms with Crippen molar-refractivity contribution in [3.8, 4) is 0 Å². The molecular weight excluding hydrogens is 312 g/mol. The van der Waals surface area contributed by atoms with Crippen LogP contribution in [0, 0.1) is 5.92 Å². The van der Waals surface area contributed by atoms with Gasteiger partial charge >= 0.3 is 0 Å². The summed E-state index contributed by atoms with van der Waals surface area (Å²) in [5.74, 6) is 0.346. The van der Waals surface area contributed by atoms with Crippen molar-refractivity contribution < 1.29 is 9.53 Å². The van der Waals surface area contributed by atoms with Gasteiger partial charge in [0.15, 0.2) is 5.13 Å². The normalized spacial score (nSPS) is 22.5. The number of pyridine rings is 1. The first-order valence-electron chi connectivity index (χ1n) is 8.14. The fourth-order valence-electron chi connectivity index (χ4n) is 3.29. The van der Waals surface area contributed by atoms with Crippen LogP contribution in [0.1, 0.15) is 12.8 Å². The molecule has 0 radical (unpaired) electrons. The third-order valence-corrected chi connectivity index (χ3v) is 5.56. The zero-order valence-corrected chi connectivity index (χ0v) is 13.8. The minimum absolute atomic E-state index is 0.0711. The third-order valence-electron chi connectivity index (χ3n) is 4.52. The van der Waals surface area contributed by atoms with Crippen LogP contribution in [0.5, 0.6) is 0 Å². The van der Waals surface area contributed by atoms with Crippen LogP contribution < -0.4 is 4.90 Å². The molecule has 2 aromatic rings. The van der Waals surface area contributed by atoms with Crippen molar-refractivity contribution in [2.45, 2.75) is 12.8 Å². The number of rotatable bonds is 2. The van der Waals surface area contributed by atoms with E-state index in [2.05, 4.69) is 14.9 Å². The Balaban J connectivity index is 1.48. The number of ether oxygens (including phenoxy) is 1. The first-order valence-corrected chi connectivity index (χ1v) is 8.96. The Labute approximate surface area is 139 Å². The number of aromatic nitrogens is 2. The number of anilines is 1. The molecule has 7 heteroatoms. The molecule has 23 heavy (non-hydrogen) atoms. The summed E-state index contributed by atoms with van der Waals surface area (Å²) >= 11 is 1.61. The maximum atomic E-state index is 12.7. The Kier molecular flexibility index (Phi) is 4.13. The van der Waals surface area contributed by atoms with Crippen molar-refractivity contribution in [1.82, 2.24) is 14.9 Å². The van der Waals surface area contributed by atoms with Gasteiger partial charge in [0.25, 0.3) is 0 Å². The fourth-order valence-corrected chi connectivity index (χ4v) is 4.23. The van der Waals surface area contributed by atoms with E-state index in [4.69, 9.17) is 4.74 Å². The van der Waals surface area contributed by atoms with Gasteiger partial charge in [-0.2, -0.15) is 0 Å². The molecule has 4 heterocycles. The molecule has 1 unspecified atom stereocenters. The number of hydrogen-bond acceptors (Lipinski definition) is 6. The molecule has 0 aromatic carbocycles. The van der Waals surface area contributed by atoms with Crippen LogP contribution in [0.4, 0.5) is 5.13 Å². The number of amides is 1. The lowest BCUT2D eigenvalue weighted by atomic mass is 9.96. The molecule has 122 valence electrons. The highest BCUT2D eigenvalue weighted by Gasteiger charge is 2.31. The van der Waals surface area contributed by atoms with Crippen LogP contribution in [0.3, 0.4) is 0 Å². The highest BCUT2D eigenvalue weighted by Crippen LogP contribution is 2.30. The molecule has 0 spiro atoms. The van der Waals surface area contributed by atoms with Crippen molar-refractivity contribution in [2.75, 3.05) is 44.3 Å². The fraction of sp³-hybridized carbons (Fsp3) is 0.562. The molecule has 2 aliphatic heterocycles. The first kappa shape index (κ1) is 14.8. The van der Waals surface area contributed by atoms with Crippen molar-refractivity contribution >= 4 is 32.7 Å². The van der Waals surface area contributed by atoms with Gasteiger partial charge in [-0.15, -0.1) is 0 Å². The maximum absolute atomic E-state index is 12.7.